The highest BCUT2D eigenvalue weighted by atomic mass is 19.3. The predicted octanol–water partition coefficient (Wildman–Crippen LogP) is 0.201. The Morgan fingerprint density at radius 1 is 1.44 bits per heavy atom. The molecule has 5 nitrogen and oxygen atoms in total. The van der Waals surface area contributed by atoms with Crippen molar-refractivity contribution < 1.29 is 28.2 Å². The molecule has 1 aliphatic rings. The minimum atomic E-state index is -2.53. The number of carbonyl (C=O) groups is 2. The number of hydrogen-bond donors (Lipinski definition) is 1. The second kappa shape index (κ2) is 5.74. The van der Waals surface area contributed by atoms with Crippen LogP contribution in [0, 0.1) is 5.92 Å². The molecule has 0 aromatic rings. The van der Waals surface area contributed by atoms with Crippen LogP contribution in [0.25, 0.3) is 0 Å². The molecule has 92 valence electrons. The van der Waals surface area contributed by atoms with Crippen LogP contribution in [0.1, 0.15) is 6.42 Å². The molecular weight excluding hydrogens is 224 g/mol. The minimum absolute atomic E-state index is 0.0130. The van der Waals surface area contributed by atoms with E-state index in [9.17, 15) is 18.4 Å². The topological polar surface area (TPSA) is 66.8 Å². The third kappa shape index (κ3) is 3.73. The maximum absolute atomic E-state index is 11.6. The van der Waals surface area contributed by atoms with E-state index in [2.05, 4.69) is 4.74 Å². The summed E-state index contributed by atoms with van der Waals surface area (Å²) >= 11 is 0. The van der Waals surface area contributed by atoms with E-state index in [0.717, 1.165) is 0 Å². The zero-order chi connectivity index (χ0) is 12.1. The van der Waals surface area contributed by atoms with Crippen LogP contribution in [0.15, 0.2) is 0 Å². The Balaban J connectivity index is 2.07. The van der Waals surface area contributed by atoms with Gasteiger partial charge in [0.15, 0.2) is 0 Å². The van der Waals surface area contributed by atoms with Gasteiger partial charge in [0, 0.05) is 13.1 Å². The van der Waals surface area contributed by atoms with Gasteiger partial charge in [-0.05, 0) is 0 Å². The second-order valence-corrected chi connectivity index (χ2v) is 3.55. The van der Waals surface area contributed by atoms with Gasteiger partial charge in [-0.15, -0.1) is 0 Å². The molecule has 0 aliphatic carbocycles. The molecule has 0 aromatic carbocycles. The van der Waals surface area contributed by atoms with E-state index in [0.29, 0.717) is 0 Å². The Morgan fingerprint density at radius 3 is 2.56 bits per heavy atom. The zero-order valence-electron chi connectivity index (χ0n) is 8.57. The standard InChI is InChI=1S/C9H13F2NO4/c10-7(11)5-16-2-1-8(13)12-3-6(4-12)9(14)15/h6-7H,1-5H2,(H,14,15). The van der Waals surface area contributed by atoms with Gasteiger partial charge in [-0.2, -0.15) is 0 Å². The molecule has 1 saturated heterocycles. The lowest BCUT2D eigenvalue weighted by Gasteiger charge is -2.36. The fourth-order valence-electron chi connectivity index (χ4n) is 1.33. The van der Waals surface area contributed by atoms with Gasteiger partial charge in [-0.1, -0.05) is 0 Å². The maximum atomic E-state index is 11.6. The average molecular weight is 237 g/mol. The third-order valence-electron chi connectivity index (χ3n) is 2.29. The largest absolute Gasteiger partial charge is 0.481 e. The van der Waals surface area contributed by atoms with Crippen LogP contribution in [-0.4, -0.2) is 54.6 Å². The molecule has 0 saturated carbocycles. The third-order valence-corrected chi connectivity index (χ3v) is 2.29. The summed E-state index contributed by atoms with van der Waals surface area (Å²) in [6.45, 7) is -0.339. The summed E-state index contributed by atoms with van der Waals surface area (Å²) in [5.41, 5.74) is 0. The molecule has 1 rings (SSSR count). The minimum Gasteiger partial charge on any atom is -0.481 e. The first-order valence-electron chi connectivity index (χ1n) is 4.87. The summed E-state index contributed by atoms with van der Waals surface area (Å²) in [5.74, 6) is -1.67. The normalized spacial score (nSPS) is 16.3. The van der Waals surface area contributed by atoms with Crippen molar-refractivity contribution in [2.75, 3.05) is 26.3 Å². The molecule has 1 heterocycles. The molecule has 0 unspecified atom stereocenters. The van der Waals surface area contributed by atoms with Crippen LogP contribution in [-0.2, 0) is 14.3 Å². The van der Waals surface area contributed by atoms with Crippen molar-refractivity contribution in [2.24, 2.45) is 5.92 Å². The van der Waals surface area contributed by atoms with E-state index in [1.807, 2.05) is 0 Å². The van der Waals surface area contributed by atoms with E-state index in [-0.39, 0.29) is 32.0 Å². The van der Waals surface area contributed by atoms with Crippen molar-refractivity contribution in [3.05, 3.63) is 0 Å². The van der Waals surface area contributed by atoms with Gasteiger partial charge in [-0.3, -0.25) is 9.59 Å². The number of halogens is 2. The summed E-state index contributed by atoms with van der Waals surface area (Å²) in [6.07, 6.45) is -2.52. The van der Waals surface area contributed by atoms with Gasteiger partial charge in [0.25, 0.3) is 6.43 Å². The van der Waals surface area contributed by atoms with Crippen molar-refractivity contribution in [1.82, 2.24) is 4.90 Å². The number of ether oxygens (including phenoxy) is 1. The molecule has 0 aromatic heterocycles. The number of hydrogen-bond acceptors (Lipinski definition) is 3. The van der Waals surface area contributed by atoms with Crippen molar-refractivity contribution in [3.63, 3.8) is 0 Å². The summed E-state index contributed by atoms with van der Waals surface area (Å²) in [5, 5.41) is 8.56. The lowest BCUT2D eigenvalue weighted by Crippen LogP contribution is -2.53. The quantitative estimate of drug-likeness (QED) is 0.670. The molecule has 0 radical (unpaired) electrons. The number of carboxylic acids is 1. The highest BCUT2D eigenvalue weighted by Crippen LogP contribution is 2.16. The second-order valence-electron chi connectivity index (χ2n) is 3.55. The molecule has 1 N–H and O–H groups in total. The summed E-state index contributed by atoms with van der Waals surface area (Å²) in [7, 11) is 0. The van der Waals surface area contributed by atoms with Crippen LogP contribution in [0.4, 0.5) is 8.78 Å². The highest BCUT2D eigenvalue weighted by molar-refractivity contribution is 5.80. The van der Waals surface area contributed by atoms with Crippen LogP contribution in [0.2, 0.25) is 0 Å². The number of amides is 1. The van der Waals surface area contributed by atoms with Crippen molar-refractivity contribution in [2.45, 2.75) is 12.8 Å². The zero-order valence-corrected chi connectivity index (χ0v) is 8.57. The molecule has 1 fully saturated rings. The average Bonchev–Trinajstić information content (AvgIpc) is 2.08. The molecule has 7 heteroatoms. The van der Waals surface area contributed by atoms with Crippen molar-refractivity contribution in [1.29, 1.82) is 0 Å². The molecule has 0 atom stereocenters. The van der Waals surface area contributed by atoms with E-state index >= 15 is 0 Å². The first kappa shape index (κ1) is 12.8. The van der Waals surface area contributed by atoms with Crippen molar-refractivity contribution in [3.8, 4) is 0 Å². The molecule has 0 bridgehead atoms. The van der Waals surface area contributed by atoms with Crippen molar-refractivity contribution >= 4 is 11.9 Å². The Morgan fingerprint density at radius 2 is 2.06 bits per heavy atom. The highest BCUT2D eigenvalue weighted by Gasteiger charge is 2.35. The van der Waals surface area contributed by atoms with E-state index < -0.39 is 24.9 Å². The molecule has 1 amide bonds. The number of rotatable bonds is 6. The summed E-state index contributed by atoms with van der Waals surface area (Å²) in [4.78, 5) is 23.1. The fraction of sp³-hybridized carbons (Fsp3) is 0.778. The SMILES string of the molecule is O=C(O)C1CN(C(=O)CCOCC(F)F)C1. The number of aliphatic carboxylic acids is 1. The lowest BCUT2D eigenvalue weighted by molar-refractivity contribution is -0.153. The number of nitrogens with zero attached hydrogens (tertiary/aromatic N) is 1. The Hall–Kier alpha value is -1.24. The Bertz CT molecular complexity index is 266. The molecule has 1 aliphatic heterocycles. The van der Waals surface area contributed by atoms with Gasteiger partial charge in [-0.25, -0.2) is 8.78 Å². The van der Waals surface area contributed by atoms with Crippen LogP contribution < -0.4 is 0 Å². The van der Waals surface area contributed by atoms with Gasteiger partial charge in [0.05, 0.1) is 18.9 Å². The lowest BCUT2D eigenvalue weighted by atomic mass is 10.0. The van der Waals surface area contributed by atoms with Gasteiger partial charge in [0.2, 0.25) is 5.91 Å². The van der Waals surface area contributed by atoms with Gasteiger partial charge < -0.3 is 14.7 Å². The van der Waals surface area contributed by atoms with E-state index in [1.165, 1.54) is 4.90 Å². The Labute approximate surface area is 91.0 Å². The summed E-state index contributed by atoms with van der Waals surface area (Å²) in [6, 6.07) is 0. The van der Waals surface area contributed by atoms with E-state index in [1.54, 1.807) is 0 Å². The number of alkyl halides is 2. The number of likely N-dealkylation sites (tertiary alicyclic amines) is 1. The summed E-state index contributed by atoms with van der Waals surface area (Å²) < 4.78 is 27.8. The molecule has 0 spiro atoms. The number of carboxylic acid groups (broad SMARTS) is 1. The van der Waals surface area contributed by atoms with Crippen LogP contribution in [0.3, 0.4) is 0 Å². The van der Waals surface area contributed by atoms with E-state index in [4.69, 9.17) is 5.11 Å². The first-order valence-corrected chi connectivity index (χ1v) is 4.87. The molecule has 16 heavy (non-hydrogen) atoms. The van der Waals surface area contributed by atoms with Crippen LogP contribution in [0.5, 0.6) is 0 Å². The van der Waals surface area contributed by atoms with Gasteiger partial charge in [0.1, 0.15) is 6.61 Å². The first-order chi connectivity index (χ1) is 7.50. The molecular formula is C9H13F2NO4. The van der Waals surface area contributed by atoms with Crippen LogP contribution >= 0.6 is 0 Å². The van der Waals surface area contributed by atoms with Gasteiger partial charge >= 0.3 is 5.97 Å². The smallest absolute Gasteiger partial charge is 0.310 e. The maximum Gasteiger partial charge on any atom is 0.310 e. The monoisotopic (exact) mass is 237 g/mol. The number of carbonyl (C=O) groups excluding carboxylic acids is 1. The fourth-order valence-corrected chi connectivity index (χ4v) is 1.33. The predicted molar refractivity (Wildman–Crippen MR) is 49.1 cm³/mol. The Kier molecular flexibility index (Phi) is 4.60.